The first-order valence-electron chi connectivity index (χ1n) is 10.1. The van der Waals surface area contributed by atoms with Crippen molar-refractivity contribution in [2.75, 3.05) is 10.2 Å². The van der Waals surface area contributed by atoms with Gasteiger partial charge in [-0.2, -0.15) is 0 Å². The highest BCUT2D eigenvalue weighted by atomic mass is 16.6. The summed E-state index contributed by atoms with van der Waals surface area (Å²) in [5.74, 6) is -2.07. The van der Waals surface area contributed by atoms with Crippen LogP contribution in [0.4, 0.5) is 17.1 Å². The Labute approximate surface area is 192 Å². The van der Waals surface area contributed by atoms with Crippen molar-refractivity contribution in [3.05, 3.63) is 99.1 Å². The standard InChI is InChI=1S/C24H17N3O7/c1-14(28)25-17-5-9-18(10-6-17)26-22(29)20-11-4-16(12-21(20)23(26)30)24(31)34-13-15-2-7-19(8-3-15)27(32)33/h2-12H,13H2,1H3,(H,25,28). The van der Waals surface area contributed by atoms with Gasteiger partial charge in [0.15, 0.2) is 0 Å². The van der Waals surface area contributed by atoms with Crippen LogP contribution < -0.4 is 10.2 Å². The van der Waals surface area contributed by atoms with Crippen molar-refractivity contribution in [2.45, 2.75) is 13.5 Å². The molecule has 0 spiro atoms. The van der Waals surface area contributed by atoms with E-state index in [1.165, 1.54) is 61.5 Å². The second-order valence-corrected chi connectivity index (χ2v) is 7.43. The zero-order valence-corrected chi connectivity index (χ0v) is 17.8. The van der Waals surface area contributed by atoms with E-state index in [0.29, 0.717) is 16.9 Å². The van der Waals surface area contributed by atoms with Crippen LogP contribution in [0.3, 0.4) is 0 Å². The molecule has 10 heteroatoms. The molecule has 0 unspecified atom stereocenters. The third kappa shape index (κ3) is 4.37. The minimum atomic E-state index is -0.709. The molecule has 0 aromatic heterocycles. The molecule has 3 amide bonds. The van der Waals surface area contributed by atoms with Gasteiger partial charge in [0.25, 0.3) is 17.5 Å². The summed E-state index contributed by atoms with van der Waals surface area (Å²) < 4.78 is 5.24. The second-order valence-electron chi connectivity index (χ2n) is 7.43. The number of amides is 3. The van der Waals surface area contributed by atoms with Crippen molar-refractivity contribution >= 4 is 40.8 Å². The van der Waals surface area contributed by atoms with Crippen LogP contribution in [-0.2, 0) is 16.1 Å². The molecule has 0 bridgehead atoms. The van der Waals surface area contributed by atoms with Gasteiger partial charge in [-0.25, -0.2) is 9.69 Å². The molecule has 0 fully saturated rings. The topological polar surface area (TPSA) is 136 Å². The van der Waals surface area contributed by atoms with Crippen LogP contribution in [0.5, 0.6) is 0 Å². The molecule has 0 aliphatic carbocycles. The molecule has 170 valence electrons. The summed E-state index contributed by atoms with van der Waals surface area (Å²) in [7, 11) is 0. The van der Waals surface area contributed by atoms with Gasteiger partial charge in [0.05, 0.1) is 27.3 Å². The summed E-state index contributed by atoms with van der Waals surface area (Å²) >= 11 is 0. The Hall–Kier alpha value is -4.86. The first kappa shape index (κ1) is 22.3. The van der Waals surface area contributed by atoms with Gasteiger partial charge >= 0.3 is 5.97 Å². The molecular formula is C24H17N3O7. The Morgan fingerprint density at radius 2 is 1.59 bits per heavy atom. The molecule has 0 atom stereocenters. The van der Waals surface area contributed by atoms with Gasteiger partial charge < -0.3 is 10.1 Å². The Kier molecular flexibility index (Phi) is 5.88. The quantitative estimate of drug-likeness (QED) is 0.257. The molecule has 3 aromatic rings. The van der Waals surface area contributed by atoms with E-state index in [-0.39, 0.29) is 34.9 Å². The molecule has 0 saturated carbocycles. The number of nitro benzene ring substituents is 1. The van der Waals surface area contributed by atoms with E-state index in [2.05, 4.69) is 5.32 Å². The number of rotatable bonds is 6. The van der Waals surface area contributed by atoms with Crippen LogP contribution in [-0.4, -0.2) is 28.6 Å². The summed E-state index contributed by atoms with van der Waals surface area (Å²) in [5, 5.41) is 13.3. The Morgan fingerprint density at radius 1 is 0.941 bits per heavy atom. The molecule has 1 N–H and O–H groups in total. The van der Waals surface area contributed by atoms with E-state index in [1.54, 1.807) is 12.1 Å². The third-order valence-corrected chi connectivity index (χ3v) is 5.09. The van der Waals surface area contributed by atoms with Crippen molar-refractivity contribution in [2.24, 2.45) is 0 Å². The maximum absolute atomic E-state index is 12.9. The highest BCUT2D eigenvalue weighted by Crippen LogP contribution is 2.30. The maximum atomic E-state index is 12.9. The Morgan fingerprint density at radius 3 is 2.21 bits per heavy atom. The lowest BCUT2D eigenvalue weighted by Gasteiger charge is -2.14. The monoisotopic (exact) mass is 459 g/mol. The van der Waals surface area contributed by atoms with Gasteiger partial charge in [-0.1, -0.05) is 0 Å². The smallest absolute Gasteiger partial charge is 0.338 e. The number of hydrogen-bond acceptors (Lipinski definition) is 7. The van der Waals surface area contributed by atoms with Crippen LogP contribution >= 0.6 is 0 Å². The van der Waals surface area contributed by atoms with Gasteiger partial charge in [-0.3, -0.25) is 24.5 Å². The second kappa shape index (κ2) is 8.94. The number of esters is 1. The highest BCUT2D eigenvalue weighted by molar-refractivity contribution is 6.34. The largest absolute Gasteiger partial charge is 0.457 e. The van der Waals surface area contributed by atoms with Crippen LogP contribution in [0.2, 0.25) is 0 Å². The average molecular weight is 459 g/mol. The highest BCUT2D eigenvalue weighted by Gasteiger charge is 2.37. The van der Waals surface area contributed by atoms with Crippen LogP contribution in [0.1, 0.15) is 43.6 Å². The van der Waals surface area contributed by atoms with E-state index in [4.69, 9.17) is 4.74 Å². The number of non-ortho nitro benzene ring substituents is 1. The number of imide groups is 1. The third-order valence-electron chi connectivity index (χ3n) is 5.09. The molecule has 34 heavy (non-hydrogen) atoms. The number of anilines is 2. The molecule has 0 saturated heterocycles. The summed E-state index contributed by atoms with van der Waals surface area (Å²) in [5.41, 5.74) is 1.63. The SMILES string of the molecule is CC(=O)Nc1ccc(N2C(=O)c3ccc(C(=O)OCc4ccc([N+](=O)[O-])cc4)cc3C2=O)cc1. The normalized spacial score (nSPS) is 12.3. The van der Waals surface area contributed by atoms with Gasteiger partial charge in [-0.05, 0) is 60.2 Å². The van der Waals surface area contributed by atoms with Crippen molar-refractivity contribution in [3.8, 4) is 0 Å². The first-order valence-corrected chi connectivity index (χ1v) is 10.1. The molecule has 1 aliphatic rings. The van der Waals surface area contributed by atoms with E-state index in [0.717, 1.165) is 4.90 Å². The van der Waals surface area contributed by atoms with Gasteiger partial charge in [-0.15, -0.1) is 0 Å². The lowest BCUT2D eigenvalue weighted by Crippen LogP contribution is -2.29. The zero-order chi connectivity index (χ0) is 24.4. The lowest BCUT2D eigenvalue weighted by molar-refractivity contribution is -0.384. The lowest BCUT2D eigenvalue weighted by atomic mass is 10.1. The van der Waals surface area contributed by atoms with E-state index in [1.807, 2.05) is 0 Å². The van der Waals surface area contributed by atoms with Gasteiger partial charge in [0, 0.05) is 24.7 Å². The Bertz CT molecular complexity index is 1330. The molecule has 0 radical (unpaired) electrons. The van der Waals surface area contributed by atoms with Gasteiger partial charge in [0.1, 0.15) is 6.61 Å². The maximum Gasteiger partial charge on any atom is 0.338 e. The van der Waals surface area contributed by atoms with Crippen LogP contribution in [0, 0.1) is 10.1 Å². The number of ether oxygens (including phenoxy) is 1. The zero-order valence-electron chi connectivity index (χ0n) is 17.8. The summed E-state index contributed by atoms with van der Waals surface area (Å²) in [6, 6.07) is 15.9. The number of hydrogen-bond donors (Lipinski definition) is 1. The van der Waals surface area contributed by atoms with E-state index < -0.39 is 22.7 Å². The predicted octanol–water partition coefficient (Wildman–Crippen LogP) is 3.71. The summed E-state index contributed by atoms with van der Waals surface area (Å²) in [6.45, 7) is 1.25. The Balaban J connectivity index is 1.48. The number of nitrogens with zero attached hydrogens (tertiary/aromatic N) is 2. The minimum Gasteiger partial charge on any atom is -0.457 e. The van der Waals surface area contributed by atoms with Crippen molar-refractivity contribution < 1.29 is 28.8 Å². The van der Waals surface area contributed by atoms with Crippen LogP contribution in [0.25, 0.3) is 0 Å². The van der Waals surface area contributed by atoms with Gasteiger partial charge in [0.2, 0.25) is 5.91 Å². The molecule has 1 aliphatic heterocycles. The predicted molar refractivity (Wildman–Crippen MR) is 121 cm³/mol. The fourth-order valence-corrected chi connectivity index (χ4v) is 3.45. The first-order chi connectivity index (χ1) is 16.2. The summed E-state index contributed by atoms with van der Waals surface area (Å²) in [4.78, 5) is 60.6. The summed E-state index contributed by atoms with van der Waals surface area (Å²) in [6.07, 6.45) is 0. The average Bonchev–Trinajstić information content (AvgIpc) is 3.07. The minimum absolute atomic E-state index is 0.0701. The number of fused-ring (bicyclic) bond motifs is 1. The number of benzene rings is 3. The van der Waals surface area contributed by atoms with Crippen molar-refractivity contribution in [3.63, 3.8) is 0 Å². The molecule has 3 aromatic carbocycles. The fourth-order valence-electron chi connectivity index (χ4n) is 3.45. The molecule has 4 rings (SSSR count). The molecule has 10 nitrogen and oxygen atoms in total. The van der Waals surface area contributed by atoms with E-state index in [9.17, 15) is 29.3 Å². The fraction of sp³-hybridized carbons (Fsp3) is 0.0833. The van der Waals surface area contributed by atoms with Crippen molar-refractivity contribution in [1.82, 2.24) is 0 Å². The van der Waals surface area contributed by atoms with E-state index >= 15 is 0 Å². The number of nitro groups is 1. The van der Waals surface area contributed by atoms with Crippen LogP contribution in [0.15, 0.2) is 66.7 Å². The van der Waals surface area contributed by atoms with Crippen molar-refractivity contribution in [1.29, 1.82) is 0 Å². The molecular weight excluding hydrogens is 442 g/mol. The number of carbonyl (C=O) groups is 4. The molecule has 1 heterocycles. The number of nitrogens with one attached hydrogen (secondary N) is 1. The number of carbonyl (C=O) groups excluding carboxylic acids is 4.